The molecule has 1 unspecified atom stereocenters. The lowest BCUT2D eigenvalue weighted by Crippen LogP contribution is -2.35. The molecule has 156 valence electrons. The van der Waals surface area contributed by atoms with E-state index in [-0.39, 0.29) is 9.13 Å². The van der Waals surface area contributed by atoms with Gasteiger partial charge in [-0.2, -0.15) is 21.6 Å². The van der Waals surface area contributed by atoms with E-state index in [1.165, 1.54) is 34.7 Å². The van der Waals surface area contributed by atoms with E-state index < -0.39 is 43.9 Å². The summed E-state index contributed by atoms with van der Waals surface area (Å²) in [6, 6.07) is 9.83. The van der Waals surface area contributed by atoms with E-state index in [2.05, 4.69) is 4.40 Å². The minimum Gasteiger partial charge on any atom is -0.480 e. The van der Waals surface area contributed by atoms with Crippen molar-refractivity contribution in [2.45, 2.75) is 11.7 Å². The maximum Gasteiger partial charge on any atom is 0.476 e. The highest BCUT2D eigenvalue weighted by Crippen LogP contribution is 2.33. The van der Waals surface area contributed by atoms with Crippen LogP contribution in [-0.2, 0) is 20.9 Å². The van der Waals surface area contributed by atoms with Crippen LogP contribution in [0.15, 0.2) is 52.9 Å². The van der Waals surface area contributed by atoms with E-state index in [0.717, 1.165) is 13.2 Å². The molecule has 0 heterocycles. The first-order valence-electron chi connectivity index (χ1n) is 7.56. The van der Waals surface area contributed by atoms with Crippen LogP contribution in [0.4, 0.5) is 13.2 Å². The van der Waals surface area contributed by atoms with Gasteiger partial charge in [0.15, 0.2) is 0 Å². The first-order chi connectivity index (χ1) is 13.5. The third-order valence-corrected chi connectivity index (χ3v) is 5.38. The standard InChI is InChI=1S/C16H12F3IN2O6S/c1-27-14(10-5-3-2-4-6-10)21-29(25,26)15(22(23)24)28-13-8-7-11(9-12(13)20)16(17,18)19/h2-9,15H,1H3/b21-14-. The SMILES string of the molecule is CO/C(=N\S(=O)(=O)C(Oc1ccc(C(F)(F)F)cc1I)[N+](=O)[O-])c1ccccc1. The molecule has 2 aromatic rings. The number of halogens is 4. The second-order valence-electron chi connectivity index (χ2n) is 5.33. The molecule has 13 heteroatoms. The molecule has 2 aromatic carbocycles. The Balaban J connectivity index is 2.41. The molecule has 0 fully saturated rings. The van der Waals surface area contributed by atoms with Crippen molar-refractivity contribution in [1.82, 2.24) is 0 Å². The summed E-state index contributed by atoms with van der Waals surface area (Å²) in [6.07, 6.45) is -4.64. The molecule has 0 aliphatic carbocycles. The molecule has 0 N–H and O–H groups in total. The van der Waals surface area contributed by atoms with Crippen LogP contribution < -0.4 is 4.74 Å². The first-order valence-corrected chi connectivity index (χ1v) is 10.1. The average Bonchev–Trinajstić information content (AvgIpc) is 2.64. The predicted octanol–water partition coefficient (Wildman–Crippen LogP) is 3.67. The van der Waals surface area contributed by atoms with Crippen molar-refractivity contribution in [2.75, 3.05) is 7.11 Å². The van der Waals surface area contributed by atoms with Gasteiger partial charge in [-0.15, -0.1) is 4.40 Å². The van der Waals surface area contributed by atoms with Crippen molar-refractivity contribution in [1.29, 1.82) is 0 Å². The molecule has 0 aliphatic rings. The summed E-state index contributed by atoms with van der Waals surface area (Å²) in [4.78, 5) is 10.0. The van der Waals surface area contributed by atoms with Gasteiger partial charge in [-0.1, -0.05) is 18.2 Å². The number of hydrogen-bond acceptors (Lipinski definition) is 6. The topological polar surface area (TPSA) is 108 Å². The smallest absolute Gasteiger partial charge is 0.476 e. The summed E-state index contributed by atoms with van der Waals surface area (Å²) in [6.45, 7) is 0. The predicted molar refractivity (Wildman–Crippen MR) is 104 cm³/mol. The summed E-state index contributed by atoms with van der Waals surface area (Å²) < 4.78 is 76.1. The van der Waals surface area contributed by atoms with Crippen LogP contribution in [-0.4, -0.2) is 31.9 Å². The zero-order valence-corrected chi connectivity index (χ0v) is 17.4. The Kier molecular flexibility index (Phi) is 7.05. The molecule has 0 saturated heterocycles. The van der Waals surface area contributed by atoms with Gasteiger partial charge in [0.25, 0.3) is 0 Å². The van der Waals surface area contributed by atoms with E-state index >= 15 is 0 Å². The third-order valence-electron chi connectivity index (χ3n) is 3.34. The van der Waals surface area contributed by atoms with Gasteiger partial charge in [0, 0.05) is 5.56 Å². The molecule has 29 heavy (non-hydrogen) atoms. The lowest BCUT2D eigenvalue weighted by molar-refractivity contribution is -0.534. The maximum absolute atomic E-state index is 12.7. The van der Waals surface area contributed by atoms with Crippen molar-refractivity contribution in [3.05, 3.63) is 73.3 Å². The van der Waals surface area contributed by atoms with Crippen LogP contribution in [0.3, 0.4) is 0 Å². The number of alkyl halides is 3. The van der Waals surface area contributed by atoms with Crippen molar-refractivity contribution < 1.29 is 36.0 Å². The van der Waals surface area contributed by atoms with Gasteiger partial charge in [0.05, 0.1) is 21.2 Å². The van der Waals surface area contributed by atoms with E-state index in [1.807, 2.05) is 0 Å². The summed E-state index contributed by atoms with van der Waals surface area (Å²) in [7, 11) is -3.79. The summed E-state index contributed by atoms with van der Waals surface area (Å²) in [5, 5.41) is 11.3. The number of methoxy groups -OCH3 is 1. The Morgan fingerprint density at radius 2 is 1.83 bits per heavy atom. The fourth-order valence-electron chi connectivity index (χ4n) is 2.04. The number of rotatable bonds is 6. The lowest BCUT2D eigenvalue weighted by Gasteiger charge is -2.14. The summed E-state index contributed by atoms with van der Waals surface area (Å²) >= 11 is 1.45. The Bertz CT molecular complexity index is 1030. The quantitative estimate of drug-likeness (QED) is 0.137. The second-order valence-corrected chi connectivity index (χ2v) is 8.11. The zero-order chi connectivity index (χ0) is 21.8. The van der Waals surface area contributed by atoms with Crippen molar-refractivity contribution in [3.63, 3.8) is 0 Å². The summed E-state index contributed by atoms with van der Waals surface area (Å²) in [5.74, 6) is -0.832. The van der Waals surface area contributed by atoms with Crippen LogP contribution in [0.5, 0.6) is 5.75 Å². The number of benzene rings is 2. The van der Waals surface area contributed by atoms with Crippen LogP contribution in [0.25, 0.3) is 0 Å². The van der Waals surface area contributed by atoms with Crippen molar-refractivity contribution in [3.8, 4) is 5.75 Å². The Morgan fingerprint density at radius 1 is 1.21 bits per heavy atom. The first kappa shape index (κ1) is 22.9. The molecule has 2 rings (SSSR count). The Morgan fingerprint density at radius 3 is 2.31 bits per heavy atom. The average molecular weight is 544 g/mol. The number of ether oxygens (including phenoxy) is 2. The fraction of sp³-hybridized carbons (Fsp3) is 0.188. The highest BCUT2D eigenvalue weighted by atomic mass is 127. The number of sulfonamides is 1. The molecule has 1 atom stereocenters. The minimum absolute atomic E-state index is 0.168. The number of nitrogens with zero attached hydrogens (tertiary/aromatic N) is 2. The Hall–Kier alpha value is -2.42. The largest absolute Gasteiger partial charge is 0.480 e. The molecule has 0 aromatic heterocycles. The monoisotopic (exact) mass is 544 g/mol. The maximum atomic E-state index is 12.7. The molecule has 0 radical (unpaired) electrons. The molecular formula is C16H12F3IN2O6S. The number of nitro groups is 1. The zero-order valence-electron chi connectivity index (χ0n) is 14.5. The van der Waals surface area contributed by atoms with E-state index in [0.29, 0.717) is 12.1 Å². The van der Waals surface area contributed by atoms with Crippen LogP contribution in [0.1, 0.15) is 11.1 Å². The van der Waals surface area contributed by atoms with Gasteiger partial charge < -0.3 is 9.47 Å². The van der Waals surface area contributed by atoms with E-state index in [4.69, 9.17) is 9.47 Å². The molecule has 0 bridgehead atoms. The van der Waals surface area contributed by atoms with Gasteiger partial charge >= 0.3 is 21.8 Å². The van der Waals surface area contributed by atoms with Crippen LogP contribution in [0, 0.1) is 13.7 Å². The Labute approximate surface area is 176 Å². The van der Waals surface area contributed by atoms with E-state index in [9.17, 15) is 31.7 Å². The number of hydrogen-bond donors (Lipinski definition) is 0. The fourth-order valence-corrected chi connectivity index (χ4v) is 3.63. The molecule has 0 saturated carbocycles. The minimum atomic E-state index is -4.92. The molecule has 0 amide bonds. The normalized spacial score (nSPS) is 13.6. The van der Waals surface area contributed by atoms with Gasteiger partial charge in [0.2, 0.25) is 5.90 Å². The second kappa shape index (κ2) is 8.94. The van der Waals surface area contributed by atoms with Gasteiger partial charge in [-0.3, -0.25) is 10.1 Å². The lowest BCUT2D eigenvalue weighted by atomic mass is 10.2. The highest BCUT2D eigenvalue weighted by molar-refractivity contribution is 14.1. The van der Waals surface area contributed by atoms with Gasteiger partial charge in [0.1, 0.15) is 5.75 Å². The molecule has 0 spiro atoms. The van der Waals surface area contributed by atoms with Crippen LogP contribution in [0.2, 0.25) is 0 Å². The van der Waals surface area contributed by atoms with Crippen molar-refractivity contribution >= 4 is 38.5 Å². The van der Waals surface area contributed by atoms with Gasteiger partial charge in [-0.25, -0.2) is 0 Å². The van der Waals surface area contributed by atoms with E-state index in [1.54, 1.807) is 18.2 Å². The van der Waals surface area contributed by atoms with Crippen molar-refractivity contribution in [2.24, 2.45) is 4.40 Å². The van der Waals surface area contributed by atoms with Gasteiger partial charge in [-0.05, 0) is 52.9 Å². The highest BCUT2D eigenvalue weighted by Gasteiger charge is 2.40. The molecule has 0 aliphatic heterocycles. The molecular weight excluding hydrogens is 532 g/mol. The van der Waals surface area contributed by atoms with Crippen LogP contribution >= 0.6 is 22.6 Å². The summed E-state index contributed by atoms with van der Waals surface area (Å²) in [5.41, 5.74) is -3.47. The third kappa shape index (κ3) is 5.79. The molecule has 8 nitrogen and oxygen atoms in total.